The van der Waals surface area contributed by atoms with E-state index < -0.39 is 6.16 Å². The number of carbonyl (C=O) groups is 1. The molecule has 0 spiro atoms. The van der Waals surface area contributed by atoms with Crippen molar-refractivity contribution in [3.8, 4) is 0 Å². The maximum absolute atomic E-state index is 11.4. The zero-order valence-electron chi connectivity index (χ0n) is 10.4. The Kier molecular flexibility index (Phi) is 3.13. The molecule has 0 radical (unpaired) electrons. The maximum Gasteiger partial charge on any atom is 0.508 e. The number of carbonyl (C=O) groups excluding carboxylic acids is 1. The van der Waals surface area contributed by atoms with Gasteiger partial charge >= 0.3 is 6.16 Å². The zero-order valence-corrected chi connectivity index (χ0v) is 10.4. The third-order valence-electron chi connectivity index (χ3n) is 4.20. The molecule has 0 bridgehead atoms. The van der Waals surface area contributed by atoms with Crippen LogP contribution >= 0.6 is 0 Å². The normalized spacial score (nSPS) is 25.1. The standard InChI is InChI=1S/C13H22O3/c1-12(5-3-6-12)9-15-11(14)16-10-13(2)7-4-8-13/h3-10H2,1-2H3. The van der Waals surface area contributed by atoms with E-state index in [0.29, 0.717) is 13.2 Å². The summed E-state index contributed by atoms with van der Waals surface area (Å²) in [6.07, 6.45) is 6.69. The topological polar surface area (TPSA) is 35.5 Å². The molecular formula is C13H22O3. The van der Waals surface area contributed by atoms with Crippen LogP contribution in [0.5, 0.6) is 0 Å². The minimum absolute atomic E-state index is 0.222. The van der Waals surface area contributed by atoms with Crippen molar-refractivity contribution in [2.45, 2.75) is 52.4 Å². The van der Waals surface area contributed by atoms with Gasteiger partial charge < -0.3 is 9.47 Å². The van der Waals surface area contributed by atoms with Crippen molar-refractivity contribution in [2.75, 3.05) is 13.2 Å². The van der Waals surface area contributed by atoms with Gasteiger partial charge in [-0.3, -0.25) is 0 Å². The Bertz CT molecular complexity index is 238. The highest BCUT2D eigenvalue weighted by Crippen LogP contribution is 2.41. The first-order chi connectivity index (χ1) is 7.52. The molecule has 0 aromatic heterocycles. The first-order valence-corrected chi connectivity index (χ1v) is 6.31. The molecule has 2 rings (SSSR count). The van der Waals surface area contributed by atoms with E-state index in [9.17, 15) is 4.79 Å². The summed E-state index contributed by atoms with van der Waals surface area (Å²) < 4.78 is 10.3. The molecule has 3 heteroatoms. The summed E-state index contributed by atoms with van der Waals surface area (Å²) in [5, 5.41) is 0. The van der Waals surface area contributed by atoms with Gasteiger partial charge in [0.15, 0.2) is 0 Å². The Balaban J connectivity index is 1.61. The quantitative estimate of drug-likeness (QED) is 0.688. The molecule has 0 aromatic carbocycles. The summed E-state index contributed by atoms with van der Waals surface area (Å²) in [7, 11) is 0. The predicted molar refractivity (Wildman–Crippen MR) is 61.2 cm³/mol. The van der Waals surface area contributed by atoms with Gasteiger partial charge in [-0.2, -0.15) is 0 Å². The van der Waals surface area contributed by atoms with Gasteiger partial charge in [-0.25, -0.2) is 4.79 Å². The number of hydrogen-bond acceptors (Lipinski definition) is 3. The van der Waals surface area contributed by atoms with E-state index in [4.69, 9.17) is 9.47 Å². The Morgan fingerprint density at radius 3 is 1.56 bits per heavy atom. The molecule has 3 nitrogen and oxygen atoms in total. The predicted octanol–water partition coefficient (Wildman–Crippen LogP) is 3.52. The Labute approximate surface area is 97.5 Å². The molecule has 2 aliphatic rings. The summed E-state index contributed by atoms with van der Waals surface area (Å²) >= 11 is 0. The minimum Gasteiger partial charge on any atom is -0.434 e. The van der Waals surface area contributed by atoms with Crippen molar-refractivity contribution in [1.29, 1.82) is 0 Å². The van der Waals surface area contributed by atoms with Gasteiger partial charge in [0.05, 0.1) is 0 Å². The van der Waals surface area contributed by atoms with Crippen LogP contribution in [0.25, 0.3) is 0 Å². The van der Waals surface area contributed by atoms with Crippen LogP contribution in [0, 0.1) is 10.8 Å². The molecule has 2 fully saturated rings. The van der Waals surface area contributed by atoms with E-state index in [1.54, 1.807) is 0 Å². The Morgan fingerprint density at radius 1 is 0.938 bits per heavy atom. The fourth-order valence-electron chi connectivity index (χ4n) is 2.36. The van der Waals surface area contributed by atoms with Crippen LogP contribution in [0.4, 0.5) is 4.79 Å². The Hall–Kier alpha value is -0.730. The van der Waals surface area contributed by atoms with E-state index in [-0.39, 0.29) is 10.8 Å². The number of rotatable bonds is 4. The number of hydrogen-bond donors (Lipinski definition) is 0. The second-order valence-corrected chi connectivity index (χ2v) is 6.16. The van der Waals surface area contributed by atoms with Crippen molar-refractivity contribution < 1.29 is 14.3 Å². The lowest BCUT2D eigenvalue weighted by Crippen LogP contribution is -2.34. The Morgan fingerprint density at radius 2 is 1.31 bits per heavy atom. The van der Waals surface area contributed by atoms with E-state index >= 15 is 0 Å². The maximum atomic E-state index is 11.4. The molecule has 0 heterocycles. The zero-order chi connectivity index (χ0) is 11.6. The van der Waals surface area contributed by atoms with Crippen molar-refractivity contribution in [2.24, 2.45) is 10.8 Å². The van der Waals surface area contributed by atoms with Gasteiger partial charge in [0.2, 0.25) is 0 Å². The van der Waals surface area contributed by atoms with Gasteiger partial charge in [-0.05, 0) is 25.7 Å². The number of ether oxygens (including phenoxy) is 2. The lowest BCUT2D eigenvalue weighted by Gasteiger charge is -2.38. The summed E-state index contributed by atoms with van der Waals surface area (Å²) in [5.41, 5.74) is 0.443. The lowest BCUT2D eigenvalue weighted by molar-refractivity contribution is -0.0269. The van der Waals surface area contributed by atoms with Crippen LogP contribution in [0.2, 0.25) is 0 Å². The lowest BCUT2D eigenvalue weighted by atomic mass is 9.71. The molecule has 2 saturated carbocycles. The van der Waals surface area contributed by atoms with Crippen LogP contribution < -0.4 is 0 Å². The van der Waals surface area contributed by atoms with Gasteiger partial charge in [0.1, 0.15) is 13.2 Å². The smallest absolute Gasteiger partial charge is 0.434 e. The molecule has 0 unspecified atom stereocenters. The summed E-state index contributed by atoms with van der Waals surface area (Å²) in [6, 6.07) is 0. The fourth-order valence-corrected chi connectivity index (χ4v) is 2.36. The second kappa shape index (κ2) is 4.27. The highest BCUT2D eigenvalue weighted by molar-refractivity contribution is 5.59. The van der Waals surface area contributed by atoms with Crippen LogP contribution in [0.1, 0.15) is 52.4 Å². The molecule has 0 aliphatic heterocycles. The van der Waals surface area contributed by atoms with E-state index in [0.717, 1.165) is 25.7 Å². The molecule has 2 aliphatic carbocycles. The third kappa shape index (κ3) is 2.69. The molecule has 0 N–H and O–H groups in total. The van der Waals surface area contributed by atoms with Crippen LogP contribution in [0.15, 0.2) is 0 Å². The van der Waals surface area contributed by atoms with E-state index in [1.807, 2.05) is 0 Å². The third-order valence-corrected chi connectivity index (χ3v) is 4.20. The molecule has 92 valence electrons. The second-order valence-electron chi connectivity index (χ2n) is 6.16. The van der Waals surface area contributed by atoms with Gasteiger partial charge in [0.25, 0.3) is 0 Å². The van der Waals surface area contributed by atoms with Crippen LogP contribution in [-0.2, 0) is 9.47 Å². The van der Waals surface area contributed by atoms with E-state index in [2.05, 4.69) is 13.8 Å². The fraction of sp³-hybridized carbons (Fsp3) is 0.923. The molecular weight excluding hydrogens is 204 g/mol. The average molecular weight is 226 g/mol. The first kappa shape index (κ1) is 11.7. The summed E-state index contributed by atoms with van der Waals surface area (Å²) in [5.74, 6) is 0. The summed E-state index contributed by atoms with van der Waals surface area (Å²) in [6.45, 7) is 5.36. The van der Waals surface area contributed by atoms with Gasteiger partial charge in [-0.1, -0.05) is 26.7 Å². The van der Waals surface area contributed by atoms with Crippen LogP contribution in [0.3, 0.4) is 0 Å². The van der Waals surface area contributed by atoms with Crippen molar-refractivity contribution in [3.05, 3.63) is 0 Å². The average Bonchev–Trinajstić information content (AvgIpc) is 2.18. The molecule has 0 aromatic rings. The van der Waals surface area contributed by atoms with Crippen molar-refractivity contribution >= 4 is 6.16 Å². The van der Waals surface area contributed by atoms with Crippen LogP contribution in [-0.4, -0.2) is 19.4 Å². The molecule has 0 atom stereocenters. The highest BCUT2D eigenvalue weighted by atomic mass is 16.7. The molecule has 0 amide bonds. The largest absolute Gasteiger partial charge is 0.508 e. The molecule has 16 heavy (non-hydrogen) atoms. The summed E-state index contributed by atoms with van der Waals surface area (Å²) in [4.78, 5) is 11.4. The van der Waals surface area contributed by atoms with Crippen molar-refractivity contribution in [1.82, 2.24) is 0 Å². The van der Waals surface area contributed by atoms with Crippen molar-refractivity contribution in [3.63, 3.8) is 0 Å². The van der Waals surface area contributed by atoms with Gasteiger partial charge in [-0.15, -0.1) is 0 Å². The highest BCUT2D eigenvalue weighted by Gasteiger charge is 2.35. The minimum atomic E-state index is -0.485. The molecule has 0 saturated heterocycles. The SMILES string of the molecule is CC1(COC(=O)OCC2(C)CCC2)CCC1. The first-order valence-electron chi connectivity index (χ1n) is 6.31. The van der Waals surface area contributed by atoms with E-state index in [1.165, 1.54) is 12.8 Å². The monoisotopic (exact) mass is 226 g/mol. The van der Waals surface area contributed by atoms with Gasteiger partial charge in [0, 0.05) is 10.8 Å².